The van der Waals surface area contributed by atoms with E-state index in [2.05, 4.69) is 10.3 Å². The van der Waals surface area contributed by atoms with Crippen molar-refractivity contribution in [1.29, 1.82) is 0 Å². The molecule has 1 aromatic heterocycles. The molecule has 0 aliphatic carbocycles. The highest BCUT2D eigenvalue weighted by Gasteiger charge is 2.18. The molecule has 0 fully saturated rings. The van der Waals surface area contributed by atoms with Crippen molar-refractivity contribution >= 4 is 28.8 Å². The van der Waals surface area contributed by atoms with Gasteiger partial charge in [0.15, 0.2) is 0 Å². The van der Waals surface area contributed by atoms with Gasteiger partial charge in [0.1, 0.15) is 5.01 Å². The molecular formula is C12H19ClN2O2S. The summed E-state index contributed by atoms with van der Waals surface area (Å²) in [5, 5.41) is 5.52. The van der Waals surface area contributed by atoms with Crippen LogP contribution in [0.2, 0.25) is 0 Å². The summed E-state index contributed by atoms with van der Waals surface area (Å²) in [5.41, 5.74) is 0.480. The average Bonchev–Trinajstić information content (AvgIpc) is 2.74. The maximum atomic E-state index is 11.7. The lowest BCUT2D eigenvalue weighted by molar-refractivity contribution is -0.122. The van der Waals surface area contributed by atoms with Crippen LogP contribution in [0.4, 0.5) is 0 Å². The second-order valence-corrected chi connectivity index (χ2v) is 5.72. The lowest BCUT2D eigenvalue weighted by atomic mass is 10.1. The maximum absolute atomic E-state index is 11.7. The Labute approximate surface area is 117 Å². The number of thiazole rings is 1. The summed E-state index contributed by atoms with van der Waals surface area (Å²) in [7, 11) is 0. The third-order valence-corrected chi connectivity index (χ3v) is 3.47. The summed E-state index contributed by atoms with van der Waals surface area (Å²) in [6.07, 6.45) is 0.295. The first kappa shape index (κ1) is 15.4. The minimum atomic E-state index is -0.339. The van der Waals surface area contributed by atoms with Crippen LogP contribution in [0.1, 0.15) is 31.5 Å². The molecule has 0 spiro atoms. The van der Waals surface area contributed by atoms with Crippen molar-refractivity contribution in [2.24, 2.45) is 0 Å². The minimum absolute atomic E-state index is 0.0433. The van der Waals surface area contributed by atoms with Gasteiger partial charge in [0.05, 0.1) is 23.6 Å². The first-order chi connectivity index (χ1) is 8.46. The summed E-state index contributed by atoms with van der Waals surface area (Å²) >= 11 is 7.12. The molecule has 0 atom stereocenters. The lowest BCUT2D eigenvalue weighted by Crippen LogP contribution is -2.41. The van der Waals surface area contributed by atoms with E-state index in [9.17, 15) is 4.79 Å². The van der Waals surface area contributed by atoms with E-state index in [1.165, 1.54) is 11.3 Å². The van der Waals surface area contributed by atoms with Gasteiger partial charge in [0.25, 0.3) is 0 Å². The van der Waals surface area contributed by atoms with Crippen molar-refractivity contribution in [3.05, 3.63) is 16.1 Å². The Hall–Kier alpha value is -0.650. The molecule has 6 heteroatoms. The second kappa shape index (κ2) is 7.07. The second-order valence-electron chi connectivity index (χ2n) is 4.51. The van der Waals surface area contributed by atoms with Gasteiger partial charge in [0.2, 0.25) is 5.91 Å². The number of amides is 1. The lowest BCUT2D eigenvalue weighted by Gasteiger charge is -2.24. The normalized spacial score (nSPS) is 11.6. The fraction of sp³-hybridized carbons (Fsp3) is 0.667. The summed E-state index contributed by atoms with van der Waals surface area (Å²) in [4.78, 5) is 16.0. The molecule has 0 saturated heterocycles. The van der Waals surface area contributed by atoms with E-state index in [1.54, 1.807) is 0 Å². The van der Waals surface area contributed by atoms with Crippen molar-refractivity contribution in [2.45, 2.75) is 38.7 Å². The van der Waals surface area contributed by atoms with Gasteiger partial charge in [-0.15, -0.1) is 22.9 Å². The number of carbonyl (C=O) groups is 1. The zero-order chi connectivity index (χ0) is 13.6. The van der Waals surface area contributed by atoms with Gasteiger partial charge in [-0.25, -0.2) is 4.98 Å². The molecule has 0 aliphatic rings. The fourth-order valence-electron chi connectivity index (χ4n) is 1.44. The van der Waals surface area contributed by atoms with E-state index >= 15 is 0 Å². The van der Waals surface area contributed by atoms with E-state index in [0.717, 1.165) is 10.7 Å². The van der Waals surface area contributed by atoms with Crippen molar-refractivity contribution in [3.63, 3.8) is 0 Å². The molecule has 1 N–H and O–H groups in total. The molecule has 0 aromatic carbocycles. The van der Waals surface area contributed by atoms with Crippen molar-refractivity contribution in [3.8, 4) is 0 Å². The van der Waals surface area contributed by atoms with Crippen LogP contribution >= 0.6 is 22.9 Å². The summed E-state index contributed by atoms with van der Waals surface area (Å²) in [5.74, 6) is 0.341. The van der Waals surface area contributed by atoms with Crippen LogP contribution in [-0.2, 0) is 21.8 Å². The summed E-state index contributed by atoms with van der Waals surface area (Å²) in [6, 6.07) is 0. The first-order valence-electron chi connectivity index (χ1n) is 5.86. The van der Waals surface area contributed by atoms with Crippen molar-refractivity contribution < 1.29 is 9.53 Å². The molecule has 102 valence electrons. The molecule has 18 heavy (non-hydrogen) atoms. The SMILES string of the molecule is CCOC(C)(C)CNC(=O)Cc1nc(CCl)cs1. The van der Waals surface area contributed by atoms with Crippen LogP contribution in [0.15, 0.2) is 5.38 Å². The average molecular weight is 291 g/mol. The van der Waals surface area contributed by atoms with E-state index in [1.807, 2.05) is 26.2 Å². The van der Waals surface area contributed by atoms with Crippen LogP contribution in [0.3, 0.4) is 0 Å². The van der Waals surface area contributed by atoms with Gasteiger partial charge >= 0.3 is 0 Å². The molecule has 4 nitrogen and oxygen atoms in total. The van der Waals surface area contributed by atoms with Gasteiger partial charge in [-0.1, -0.05) is 0 Å². The molecule has 1 heterocycles. The van der Waals surface area contributed by atoms with E-state index in [-0.39, 0.29) is 11.5 Å². The quantitative estimate of drug-likeness (QED) is 0.784. The van der Waals surface area contributed by atoms with Crippen LogP contribution in [-0.4, -0.2) is 29.6 Å². The molecule has 1 aromatic rings. The van der Waals surface area contributed by atoms with Crippen LogP contribution in [0.5, 0.6) is 0 Å². The van der Waals surface area contributed by atoms with E-state index < -0.39 is 0 Å². The molecule has 1 rings (SSSR count). The Morgan fingerprint density at radius 1 is 1.61 bits per heavy atom. The fourth-order valence-corrected chi connectivity index (χ4v) is 2.47. The smallest absolute Gasteiger partial charge is 0.226 e. The highest BCUT2D eigenvalue weighted by Crippen LogP contribution is 2.12. The van der Waals surface area contributed by atoms with Gasteiger partial charge < -0.3 is 10.1 Å². The predicted molar refractivity (Wildman–Crippen MR) is 74.1 cm³/mol. The first-order valence-corrected chi connectivity index (χ1v) is 7.28. The third kappa shape index (κ3) is 5.33. The van der Waals surface area contributed by atoms with Gasteiger partial charge in [-0.2, -0.15) is 0 Å². The molecular weight excluding hydrogens is 272 g/mol. The Morgan fingerprint density at radius 2 is 2.33 bits per heavy atom. The van der Waals surface area contributed by atoms with Crippen molar-refractivity contribution in [2.75, 3.05) is 13.2 Å². The standard InChI is InChI=1S/C12H19ClN2O2S/c1-4-17-12(2,3)8-14-10(16)5-11-15-9(6-13)7-18-11/h7H,4-6,8H2,1-3H3,(H,14,16). The van der Waals surface area contributed by atoms with Crippen LogP contribution in [0, 0.1) is 0 Å². The number of rotatable bonds is 7. The largest absolute Gasteiger partial charge is 0.374 e. The molecule has 1 amide bonds. The number of hydrogen-bond donors (Lipinski definition) is 1. The minimum Gasteiger partial charge on any atom is -0.374 e. The Morgan fingerprint density at radius 3 is 2.89 bits per heavy atom. The third-order valence-electron chi connectivity index (χ3n) is 2.29. The number of nitrogens with one attached hydrogen (secondary N) is 1. The maximum Gasteiger partial charge on any atom is 0.226 e. The van der Waals surface area contributed by atoms with E-state index in [0.29, 0.717) is 25.5 Å². The predicted octanol–water partition coefficient (Wildman–Crippen LogP) is 2.36. The number of nitrogens with zero attached hydrogens (tertiary/aromatic N) is 1. The van der Waals surface area contributed by atoms with E-state index in [4.69, 9.17) is 16.3 Å². The van der Waals surface area contributed by atoms with Gasteiger partial charge in [-0.3, -0.25) is 4.79 Å². The number of aromatic nitrogens is 1. The molecule has 0 radical (unpaired) electrons. The van der Waals surface area contributed by atoms with Gasteiger partial charge in [0, 0.05) is 18.5 Å². The van der Waals surface area contributed by atoms with Crippen LogP contribution < -0.4 is 5.32 Å². The van der Waals surface area contributed by atoms with Crippen LogP contribution in [0.25, 0.3) is 0 Å². The number of carbonyl (C=O) groups excluding carboxylic acids is 1. The Kier molecular flexibility index (Phi) is 6.05. The van der Waals surface area contributed by atoms with Gasteiger partial charge in [-0.05, 0) is 20.8 Å². The number of alkyl halides is 1. The Balaban J connectivity index is 2.37. The number of hydrogen-bond acceptors (Lipinski definition) is 4. The topological polar surface area (TPSA) is 51.2 Å². The highest BCUT2D eigenvalue weighted by atomic mass is 35.5. The number of halogens is 1. The van der Waals surface area contributed by atoms with Crippen molar-refractivity contribution in [1.82, 2.24) is 10.3 Å². The zero-order valence-electron chi connectivity index (χ0n) is 11.0. The highest BCUT2D eigenvalue weighted by molar-refractivity contribution is 7.09. The Bertz CT molecular complexity index is 393. The molecule has 0 aliphatic heterocycles. The molecule has 0 bridgehead atoms. The summed E-state index contributed by atoms with van der Waals surface area (Å²) < 4.78 is 5.51. The number of ether oxygens (including phenoxy) is 1. The summed E-state index contributed by atoms with van der Waals surface area (Å²) in [6.45, 7) is 6.96. The zero-order valence-corrected chi connectivity index (χ0v) is 12.5. The monoisotopic (exact) mass is 290 g/mol. The molecule has 0 unspecified atom stereocenters. The molecule has 0 saturated carbocycles.